The summed E-state index contributed by atoms with van der Waals surface area (Å²) in [6.07, 6.45) is 3.24. The summed E-state index contributed by atoms with van der Waals surface area (Å²) in [6, 6.07) is 11.0. The van der Waals surface area contributed by atoms with Crippen LogP contribution in [0.5, 0.6) is 0 Å². The molecule has 4 heterocycles. The number of hydrogen-bond donors (Lipinski definition) is 1. The number of rotatable bonds is 5. The molecule has 0 atom stereocenters. The van der Waals surface area contributed by atoms with E-state index in [1.807, 2.05) is 44.2 Å². The molecule has 0 saturated heterocycles. The fourth-order valence-electron chi connectivity index (χ4n) is 2.69. The number of carbonyl (C=O) groups is 1. The fraction of sp³-hybridized carbons (Fsp3) is 0.158. The van der Waals surface area contributed by atoms with Gasteiger partial charge in [0.2, 0.25) is 0 Å². The number of hydrogen-bond acceptors (Lipinski definition) is 7. The normalized spacial score (nSPS) is 10.8. The maximum absolute atomic E-state index is 12.4. The van der Waals surface area contributed by atoms with E-state index in [0.29, 0.717) is 17.1 Å². The standard InChI is InChI=1S/C19H17N7O2/c1-12-6-7-17(13(2)22-12)26-11-16(23-25-26)19(27)21-10-14-9-18(28-24-14)15-5-3-4-8-20-15/h3-9,11H,10H2,1-2H3,(H,21,27). The van der Waals surface area contributed by atoms with Crippen LogP contribution in [0.4, 0.5) is 0 Å². The van der Waals surface area contributed by atoms with Gasteiger partial charge in [-0.1, -0.05) is 16.4 Å². The van der Waals surface area contributed by atoms with E-state index in [0.717, 1.165) is 17.1 Å². The number of aryl methyl sites for hydroxylation is 2. The van der Waals surface area contributed by atoms with Crippen molar-refractivity contribution in [3.05, 3.63) is 71.6 Å². The number of nitrogens with zero attached hydrogens (tertiary/aromatic N) is 6. The monoisotopic (exact) mass is 375 g/mol. The molecule has 0 saturated carbocycles. The zero-order valence-electron chi connectivity index (χ0n) is 15.3. The Bertz CT molecular complexity index is 1120. The predicted octanol–water partition coefficient (Wildman–Crippen LogP) is 2.26. The smallest absolute Gasteiger partial charge is 0.273 e. The van der Waals surface area contributed by atoms with Crippen LogP contribution in [0, 0.1) is 13.8 Å². The van der Waals surface area contributed by atoms with E-state index in [2.05, 4.69) is 30.8 Å². The highest BCUT2D eigenvalue weighted by Crippen LogP contribution is 2.17. The summed E-state index contributed by atoms with van der Waals surface area (Å²) in [5.74, 6) is 0.185. The van der Waals surface area contributed by atoms with Crippen LogP contribution in [0.1, 0.15) is 27.6 Å². The third-order valence-corrected chi connectivity index (χ3v) is 4.08. The van der Waals surface area contributed by atoms with Crippen molar-refractivity contribution in [1.82, 2.24) is 35.4 Å². The van der Waals surface area contributed by atoms with Gasteiger partial charge in [0.05, 0.1) is 24.1 Å². The lowest BCUT2D eigenvalue weighted by Crippen LogP contribution is -2.23. The van der Waals surface area contributed by atoms with Crippen LogP contribution in [-0.2, 0) is 6.54 Å². The lowest BCUT2D eigenvalue weighted by atomic mass is 10.2. The third kappa shape index (κ3) is 3.63. The van der Waals surface area contributed by atoms with E-state index in [1.54, 1.807) is 18.5 Å². The van der Waals surface area contributed by atoms with Gasteiger partial charge in [0.25, 0.3) is 5.91 Å². The first kappa shape index (κ1) is 17.5. The first-order valence-electron chi connectivity index (χ1n) is 8.62. The molecular weight excluding hydrogens is 358 g/mol. The summed E-state index contributed by atoms with van der Waals surface area (Å²) in [5, 5.41) is 14.7. The second-order valence-corrected chi connectivity index (χ2v) is 6.19. The van der Waals surface area contributed by atoms with Crippen LogP contribution >= 0.6 is 0 Å². The highest BCUT2D eigenvalue weighted by atomic mass is 16.5. The molecule has 0 aliphatic heterocycles. The molecule has 0 bridgehead atoms. The largest absolute Gasteiger partial charge is 0.354 e. The molecule has 0 radical (unpaired) electrons. The molecular formula is C19H17N7O2. The Morgan fingerprint density at radius 2 is 2.11 bits per heavy atom. The molecule has 0 spiro atoms. The Kier molecular flexibility index (Phi) is 4.63. The summed E-state index contributed by atoms with van der Waals surface area (Å²) in [4.78, 5) is 21.0. The van der Waals surface area contributed by atoms with E-state index in [9.17, 15) is 4.79 Å². The van der Waals surface area contributed by atoms with E-state index in [4.69, 9.17) is 4.52 Å². The maximum Gasteiger partial charge on any atom is 0.273 e. The Labute approximate surface area is 160 Å². The van der Waals surface area contributed by atoms with Crippen LogP contribution in [0.2, 0.25) is 0 Å². The summed E-state index contributed by atoms with van der Waals surface area (Å²) in [5.41, 5.74) is 3.96. The van der Waals surface area contributed by atoms with E-state index >= 15 is 0 Å². The van der Waals surface area contributed by atoms with Crippen molar-refractivity contribution in [2.75, 3.05) is 0 Å². The molecule has 4 aromatic rings. The van der Waals surface area contributed by atoms with Gasteiger partial charge in [-0.05, 0) is 38.1 Å². The van der Waals surface area contributed by atoms with Crippen molar-refractivity contribution >= 4 is 5.91 Å². The number of nitrogens with one attached hydrogen (secondary N) is 1. The van der Waals surface area contributed by atoms with Gasteiger partial charge in [0.1, 0.15) is 11.4 Å². The molecule has 0 aliphatic rings. The van der Waals surface area contributed by atoms with Crippen LogP contribution < -0.4 is 5.32 Å². The van der Waals surface area contributed by atoms with Gasteiger partial charge in [-0.3, -0.25) is 14.8 Å². The fourth-order valence-corrected chi connectivity index (χ4v) is 2.69. The maximum atomic E-state index is 12.4. The summed E-state index contributed by atoms with van der Waals surface area (Å²) in [6.45, 7) is 4.00. The van der Waals surface area contributed by atoms with Gasteiger partial charge in [0.15, 0.2) is 11.5 Å². The van der Waals surface area contributed by atoms with Gasteiger partial charge in [-0.2, -0.15) is 0 Å². The molecule has 28 heavy (non-hydrogen) atoms. The summed E-state index contributed by atoms with van der Waals surface area (Å²) in [7, 11) is 0. The van der Waals surface area contributed by atoms with Crippen LogP contribution in [0.3, 0.4) is 0 Å². The number of pyridine rings is 2. The summed E-state index contributed by atoms with van der Waals surface area (Å²) >= 11 is 0. The van der Waals surface area contributed by atoms with Gasteiger partial charge >= 0.3 is 0 Å². The molecule has 4 aromatic heterocycles. The van der Waals surface area contributed by atoms with Gasteiger partial charge < -0.3 is 9.84 Å². The van der Waals surface area contributed by atoms with E-state index in [1.165, 1.54) is 4.68 Å². The number of carbonyl (C=O) groups excluding carboxylic acids is 1. The minimum Gasteiger partial charge on any atom is -0.354 e. The minimum absolute atomic E-state index is 0.202. The van der Waals surface area contributed by atoms with E-state index in [-0.39, 0.29) is 18.1 Å². The number of amides is 1. The molecule has 9 heteroatoms. The molecule has 1 amide bonds. The lowest BCUT2D eigenvalue weighted by Gasteiger charge is -2.04. The van der Waals surface area contributed by atoms with Crippen molar-refractivity contribution in [1.29, 1.82) is 0 Å². The van der Waals surface area contributed by atoms with Crippen molar-refractivity contribution in [2.45, 2.75) is 20.4 Å². The second kappa shape index (κ2) is 7.39. The SMILES string of the molecule is Cc1ccc(-n2cc(C(=O)NCc3cc(-c4ccccn4)on3)nn2)c(C)n1. The van der Waals surface area contributed by atoms with Gasteiger partial charge in [-0.25, -0.2) is 4.68 Å². The first-order chi connectivity index (χ1) is 13.6. The average molecular weight is 375 g/mol. The second-order valence-electron chi connectivity index (χ2n) is 6.19. The third-order valence-electron chi connectivity index (χ3n) is 4.08. The van der Waals surface area contributed by atoms with Crippen molar-refractivity contribution in [2.24, 2.45) is 0 Å². The zero-order chi connectivity index (χ0) is 19.5. The average Bonchev–Trinajstić information content (AvgIpc) is 3.37. The summed E-state index contributed by atoms with van der Waals surface area (Å²) < 4.78 is 6.80. The predicted molar refractivity (Wildman–Crippen MR) is 99.5 cm³/mol. The quantitative estimate of drug-likeness (QED) is 0.569. The zero-order valence-corrected chi connectivity index (χ0v) is 15.3. The van der Waals surface area contributed by atoms with Crippen LogP contribution in [0.25, 0.3) is 17.1 Å². The van der Waals surface area contributed by atoms with Crippen molar-refractivity contribution < 1.29 is 9.32 Å². The molecule has 0 unspecified atom stereocenters. The first-order valence-corrected chi connectivity index (χ1v) is 8.62. The van der Waals surface area contributed by atoms with Gasteiger partial charge in [-0.15, -0.1) is 5.10 Å². The Morgan fingerprint density at radius 3 is 2.89 bits per heavy atom. The molecule has 4 rings (SSSR count). The minimum atomic E-state index is -0.355. The molecule has 0 fully saturated rings. The Morgan fingerprint density at radius 1 is 1.21 bits per heavy atom. The van der Waals surface area contributed by atoms with Crippen LogP contribution in [0.15, 0.2) is 53.3 Å². The van der Waals surface area contributed by atoms with Crippen molar-refractivity contribution in [3.8, 4) is 17.1 Å². The van der Waals surface area contributed by atoms with Crippen LogP contribution in [-0.4, -0.2) is 36.0 Å². The van der Waals surface area contributed by atoms with Gasteiger partial charge in [0, 0.05) is 18.0 Å². The number of aromatic nitrogens is 6. The van der Waals surface area contributed by atoms with Crippen molar-refractivity contribution in [3.63, 3.8) is 0 Å². The highest BCUT2D eigenvalue weighted by Gasteiger charge is 2.14. The Hall–Kier alpha value is -3.88. The highest BCUT2D eigenvalue weighted by molar-refractivity contribution is 5.91. The molecule has 0 aromatic carbocycles. The molecule has 9 nitrogen and oxygen atoms in total. The van der Waals surface area contributed by atoms with E-state index < -0.39 is 0 Å². The molecule has 1 N–H and O–H groups in total. The Balaban J connectivity index is 1.42. The lowest BCUT2D eigenvalue weighted by molar-refractivity contribution is 0.0945. The topological polar surface area (TPSA) is 112 Å². The molecule has 140 valence electrons. The molecule has 0 aliphatic carbocycles.